The maximum Gasteiger partial charge on any atom is 0.244 e. The lowest BCUT2D eigenvalue weighted by molar-refractivity contribution is -0.135. The Morgan fingerprint density at radius 1 is 1.41 bits per heavy atom. The van der Waals surface area contributed by atoms with Crippen LogP contribution in [0.2, 0.25) is 0 Å². The quantitative estimate of drug-likeness (QED) is 0.805. The van der Waals surface area contributed by atoms with Crippen LogP contribution in [0.25, 0.3) is 0 Å². The molecule has 4 heteroatoms. The summed E-state index contributed by atoms with van der Waals surface area (Å²) >= 11 is 0. The second-order valence-corrected chi connectivity index (χ2v) is 5.51. The Morgan fingerprint density at radius 2 is 2.12 bits per heavy atom. The van der Waals surface area contributed by atoms with E-state index in [1.807, 2.05) is 4.90 Å². The van der Waals surface area contributed by atoms with E-state index in [0.29, 0.717) is 18.4 Å². The molecule has 2 aliphatic rings. The summed E-state index contributed by atoms with van der Waals surface area (Å²) in [4.78, 5) is 25.4. The summed E-state index contributed by atoms with van der Waals surface area (Å²) in [5.41, 5.74) is 0.336. The molecule has 0 radical (unpaired) electrons. The molecular weight excluding hydrogens is 216 g/mol. The van der Waals surface area contributed by atoms with Crippen LogP contribution >= 0.6 is 0 Å². The van der Waals surface area contributed by atoms with Crippen molar-refractivity contribution in [1.29, 1.82) is 0 Å². The number of carbonyl (C=O) groups is 2. The van der Waals surface area contributed by atoms with E-state index in [4.69, 9.17) is 0 Å². The minimum Gasteiger partial charge on any atom is -0.345 e. The van der Waals surface area contributed by atoms with Crippen LogP contribution in [0.3, 0.4) is 0 Å². The van der Waals surface area contributed by atoms with Gasteiger partial charge in [0.15, 0.2) is 0 Å². The molecule has 17 heavy (non-hydrogen) atoms. The molecule has 0 spiro atoms. The van der Waals surface area contributed by atoms with Crippen LogP contribution < -0.4 is 5.32 Å². The molecule has 1 heterocycles. The van der Waals surface area contributed by atoms with E-state index >= 15 is 0 Å². The first-order valence-corrected chi connectivity index (χ1v) is 6.64. The zero-order chi connectivity index (χ0) is 12.5. The number of nitrogens with zero attached hydrogens (tertiary/aromatic N) is 1. The monoisotopic (exact) mass is 238 g/mol. The van der Waals surface area contributed by atoms with Crippen LogP contribution in [0.5, 0.6) is 0 Å². The average Bonchev–Trinajstić information content (AvgIpc) is 2.36. The van der Waals surface area contributed by atoms with Crippen molar-refractivity contribution in [1.82, 2.24) is 10.2 Å². The minimum atomic E-state index is -0.362. The third-order valence-electron chi connectivity index (χ3n) is 4.36. The van der Waals surface area contributed by atoms with E-state index in [-0.39, 0.29) is 17.9 Å². The van der Waals surface area contributed by atoms with Crippen molar-refractivity contribution in [2.24, 2.45) is 5.41 Å². The molecule has 0 bridgehead atoms. The molecule has 0 aromatic rings. The van der Waals surface area contributed by atoms with Gasteiger partial charge in [-0.25, -0.2) is 0 Å². The number of carbonyl (C=O) groups excluding carboxylic acids is 2. The van der Waals surface area contributed by atoms with Gasteiger partial charge in [-0.05, 0) is 31.6 Å². The van der Waals surface area contributed by atoms with E-state index in [1.54, 1.807) is 6.92 Å². The summed E-state index contributed by atoms with van der Waals surface area (Å²) in [6, 6.07) is -0.362. The van der Waals surface area contributed by atoms with Crippen LogP contribution in [0.4, 0.5) is 0 Å². The van der Waals surface area contributed by atoms with E-state index in [1.165, 1.54) is 19.3 Å². The summed E-state index contributed by atoms with van der Waals surface area (Å²) in [7, 11) is 0. The molecule has 1 atom stereocenters. The summed E-state index contributed by atoms with van der Waals surface area (Å²) in [6.07, 6.45) is 5.30. The predicted octanol–water partition coefficient (Wildman–Crippen LogP) is 1.30. The molecule has 2 fully saturated rings. The Hall–Kier alpha value is -1.06. The van der Waals surface area contributed by atoms with Crippen LogP contribution in [0.1, 0.15) is 46.0 Å². The highest BCUT2D eigenvalue weighted by atomic mass is 16.2. The molecular formula is C13H22N2O2. The van der Waals surface area contributed by atoms with Crippen molar-refractivity contribution in [3.05, 3.63) is 0 Å². The molecule has 0 aromatic carbocycles. The van der Waals surface area contributed by atoms with Gasteiger partial charge in [0.05, 0.1) is 0 Å². The Labute approximate surface area is 103 Å². The van der Waals surface area contributed by atoms with Crippen LogP contribution in [0.15, 0.2) is 0 Å². The molecule has 1 unspecified atom stereocenters. The number of nitrogens with one attached hydrogen (secondary N) is 1. The first-order valence-electron chi connectivity index (χ1n) is 6.64. The maximum absolute atomic E-state index is 12.1. The second-order valence-electron chi connectivity index (χ2n) is 5.51. The molecule has 1 aliphatic carbocycles. The van der Waals surface area contributed by atoms with E-state index in [9.17, 15) is 9.59 Å². The van der Waals surface area contributed by atoms with Gasteiger partial charge in [-0.3, -0.25) is 9.59 Å². The smallest absolute Gasteiger partial charge is 0.244 e. The normalized spacial score (nSPS) is 28.4. The third-order valence-corrected chi connectivity index (χ3v) is 4.36. The standard InChI is InChI=1S/C13H22N2O2/c1-3-13(6-4-7-13)9-15-8-5-11(16)14-10(2)12(15)17/h10H,3-9H2,1-2H3,(H,14,16). The van der Waals surface area contributed by atoms with Gasteiger partial charge in [0.2, 0.25) is 11.8 Å². The molecule has 1 N–H and O–H groups in total. The highest BCUT2D eigenvalue weighted by molar-refractivity contribution is 5.89. The highest BCUT2D eigenvalue weighted by Gasteiger charge is 2.39. The molecule has 4 nitrogen and oxygen atoms in total. The van der Waals surface area contributed by atoms with Crippen LogP contribution in [-0.4, -0.2) is 35.8 Å². The van der Waals surface area contributed by atoms with E-state index in [2.05, 4.69) is 12.2 Å². The molecule has 1 saturated heterocycles. The van der Waals surface area contributed by atoms with Gasteiger partial charge in [-0.2, -0.15) is 0 Å². The van der Waals surface area contributed by atoms with Gasteiger partial charge in [0.1, 0.15) is 6.04 Å². The molecule has 2 amide bonds. The number of rotatable bonds is 3. The first kappa shape index (κ1) is 12.4. The Morgan fingerprint density at radius 3 is 2.65 bits per heavy atom. The number of hydrogen-bond acceptors (Lipinski definition) is 2. The van der Waals surface area contributed by atoms with Crippen molar-refractivity contribution in [3.8, 4) is 0 Å². The fourth-order valence-electron chi connectivity index (χ4n) is 2.86. The Kier molecular flexibility index (Phi) is 3.40. The second kappa shape index (κ2) is 4.67. The van der Waals surface area contributed by atoms with Crippen molar-refractivity contribution >= 4 is 11.8 Å². The summed E-state index contributed by atoms with van der Waals surface area (Å²) in [5.74, 6) is 0.0723. The van der Waals surface area contributed by atoms with Crippen LogP contribution in [0, 0.1) is 5.41 Å². The SMILES string of the molecule is CCC1(CN2CCC(=O)NC(C)C2=O)CCC1. The molecule has 1 aliphatic heterocycles. The zero-order valence-corrected chi connectivity index (χ0v) is 10.8. The lowest BCUT2D eigenvalue weighted by Crippen LogP contribution is -2.48. The molecule has 0 aromatic heterocycles. The lowest BCUT2D eigenvalue weighted by atomic mass is 9.66. The Bertz CT molecular complexity index is 318. The van der Waals surface area contributed by atoms with Crippen molar-refractivity contribution in [2.45, 2.75) is 52.0 Å². The predicted molar refractivity (Wildman–Crippen MR) is 65.4 cm³/mol. The topological polar surface area (TPSA) is 49.4 Å². The summed E-state index contributed by atoms with van der Waals surface area (Å²) in [6.45, 7) is 5.39. The van der Waals surface area contributed by atoms with E-state index in [0.717, 1.165) is 13.0 Å². The van der Waals surface area contributed by atoms with Crippen LogP contribution in [-0.2, 0) is 9.59 Å². The first-order chi connectivity index (χ1) is 8.06. The fraction of sp³-hybridized carbons (Fsp3) is 0.846. The van der Waals surface area contributed by atoms with Crippen molar-refractivity contribution in [2.75, 3.05) is 13.1 Å². The van der Waals surface area contributed by atoms with Gasteiger partial charge < -0.3 is 10.2 Å². The van der Waals surface area contributed by atoms with Crippen molar-refractivity contribution < 1.29 is 9.59 Å². The highest BCUT2D eigenvalue weighted by Crippen LogP contribution is 2.44. The van der Waals surface area contributed by atoms with E-state index < -0.39 is 0 Å². The van der Waals surface area contributed by atoms with Gasteiger partial charge in [-0.1, -0.05) is 13.3 Å². The summed E-state index contributed by atoms with van der Waals surface area (Å²) < 4.78 is 0. The van der Waals surface area contributed by atoms with Gasteiger partial charge in [0, 0.05) is 19.5 Å². The Balaban J connectivity index is 2.03. The molecule has 96 valence electrons. The summed E-state index contributed by atoms with van der Waals surface area (Å²) in [5, 5.41) is 2.73. The fourth-order valence-corrected chi connectivity index (χ4v) is 2.86. The number of amides is 2. The minimum absolute atomic E-state index is 0.00694. The average molecular weight is 238 g/mol. The van der Waals surface area contributed by atoms with Gasteiger partial charge in [-0.15, -0.1) is 0 Å². The lowest BCUT2D eigenvalue weighted by Gasteiger charge is -2.44. The third kappa shape index (κ3) is 2.45. The van der Waals surface area contributed by atoms with Gasteiger partial charge in [0.25, 0.3) is 0 Å². The molecule has 1 saturated carbocycles. The maximum atomic E-state index is 12.1. The largest absolute Gasteiger partial charge is 0.345 e. The van der Waals surface area contributed by atoms with Gasteiger partial charge >= 0.3 is 0 Å². The zero-order valence-electron chi connectivity index (χ0n) is 10.8. The number of hydrogen-bond donors (Lipinski definition) is 1. The molecule has 2 rings (SSSR count). The van der Waals surface area contributed by atoms with Crippen molar-refractivity contribution in [3.63, 3.8) is 0 Å².